The highest BCUT2D eigenvalue weighted by atomic mass is 35.5. The quantitative estimate of drug-likeness (QED) is 0.673. The van der Waals surface area contributed by atoms with E-state index in [1.807, 2.05) is 0 Å². The van der Waals surface area contributed by atoms with Crippen LogP contribution in [0.4, 0.5) is 5.69 Å². The first kappa shape index (κ1) is 19.4. The van der Waals surface area contributed by atoms with Crippen LogP contribution in [0.1, 0.15) is 18.5 Å². The molecule has 0 bridgehead atoms. The highest BCUT2D eigenvalue weighted by Gasteiger charge is 2.12. The molecule has 2 N–H and O–H groups in total. The number of fused-ring (bicyclic) bond motifs is 1. The first-order valence-corrected chi connectivity index (χ1v) is 9.15. The van der Waals surface area contributed by atoms with Gasteiger partial charge in [-0.05, 0) is 42.8 Å². The van der Waals surface area contributed by atoms with Crippen molar-refractivity contribution in [3.05, 3.63) is 74.6 Å². The molecule has 0 saturated carbocycles. The predicted molar refractivity (Wildman–Crippen MR) is 109 cm³/mol. The molecule has 5 nitrogen and oxygen atoms in total. The third-order valence-corrected chi connectivity index (χ3v) is 5.07. The topological polar surface area (TPSA) is 71.3 Å². The number of hydrogen-bond donors (Lipinski definition) is 2. The number of aromatic nitrogens is 1. The summed E-state index contributed by atoms with van der Waals surface area (Å²) in [4.78, 5) is 25.1. The summed E-state index contributed by atoms with van der Waals surface area (Å²) in [5.41, 5.74) is 1.08. The Morgan fingerprint density at radius 2 is 1.93 bits per heavy atom. The maximum Gasteiger partial charge on any atom is 0.258 e. The minimum Gasteiger partial charge on any atom is -0.394 e. The molecular formula is C20H18Cl2N2O3. The zero-order valence-corrected chi connectivity index (χ0v) is 16.1. The van der Waals surface area contributed by atoms with Gasteiger partial charge in [0, 0.05) is 22.7 Å². The van der Waals surface area contributed by atoms with E-state index in [0.29, 0.717) is 26.5 Å². The number of aliphatic hydroxyl groups excluding tert-OH is 1. The van der Waals surface area contributed by atoms with Crippen molar-refractivity contribution in [1.29, 1.82) is 0 Å². The van der Waals surface area contributed by atoms with E-state index >= 15 is 0 Å². The number of carbonyl (C=O) groups is 1. The van der Waals surface area contributed by atoms with E-state index in [0.717, 1.165) is 5.56 Å². The van der Waals surface area contributed by atoms with Gasteiger partial charge in [0.15, 0.2) is 0 Å². The standard InChI is InChI=1S/C20H18Cl2N2O3/c1-12(11-25)24-8-7-14-15(20(24)27)3-2-4-18(14)23-19(26)10-13-5-6-16(21)17(22)9-13/h2-9,12,25H,10-11H2,1H3,(H,23,26). The molecule has 0 fully saturated rings. The van der Waals surface area contributed by atoms with Gasteiger partial charge in [0.1, 0.15) is 0 Å². The highest BCUT2D eigenvalue weighted by Crippen LogP contribution is 2.24. The average molecular weight is 405 g/mol. The van der Waals surface area contributed by atoms with Crippen LogP contribution in [0.5, 0.6) is 0 Å². The van der Waals surface area contributed by atoms with Gasteiger partial charge in [-0.15, -0.1) is 0 Å². The number of carbonyl (C=O) groups excluding carboxylic acids is 1. The number of amides is 1. The Morgan fingerprint density at radius 3 is 2.63 bits per heavy atom. The van der Waals surface area contributed by atoms with Crippen molar-refractivity contribution in [2.45, 2.75) is 19.4 Å². The maximum absolute atomic E-state index is 12.6. The molecule has 0 aliphatic heterocycles. The molecule has 0 radical (unpaired) electrons. The number of anilines is 1. The summed E-state index contributed by atoms with van der Waals surface area (Å²) >= 11 is 11.9. The van der Waals surface area contributed by atoms with Crippen molar-refractivity contribution in [3.8, 4) is 0 Å². The minimum atomic E-state index is -0.324. The molecule has 7 heteroatoms. The van der Waals surface area contributed by atoms with Crippen molar-refractivity contribution in [2.75, 3.05) is 11.9 Å². The normalized spacial score (nSPS) is 12.1. The Kier molecular flexibility index (Phi) is 5.85. The molecule has 3 aromatic rings. The zero-order valence-electron chi connectivity index (χ0n) is 14.6. The molecule has 2 aromatic carbocycles. The van der Waals surface area contributed by atoms with Crippen LogP contribution in [-0.2, 0) is 11.2 Å². The van der Waals surface area contributed by atoms with E-state index in [1.54, 1.807) is 55.6 Å². The highest BCUT2D eigenvalue weighted by molar-refractivity contribution is 6.42. The van der Waals surface area contributed by atoms with Gasteiger partial charge < -0.3 is 15.0 Å². The second-order valence-electron chi connectivity index (χ2n) is 6.30. The number of nitrogens with zero attached hydrogens (tertiary/aromatic N) is 1. The Bertz CT molecular complexity index is 1060. The Morgan fingerprint density at radius 1 is 1.15 bits per heavy atom. The third kappa shape index (κ3) is 4.16. The Balaban J connectivity index is 1.88. The van der Waals surface area contributed by atoms with Crippen molar-refractivity contribution in [1.82, 2.24) is 4.57 Å². The lowest BCUT2D eigenvalue weighted by Crippen LogP contribution is -2.25. The molecule has 1 amide bonds. The first-order chi connectivity index (χ1) is 12.9. The van der Waals surface area contributed by atoms with Gasteiger partial charge >= 0.3 is 0 Å². The summed E-state index contributed by atoms with van der Waals surface area (Å²) in [6.07, 6.45) is 1.76. The van der Waals surface area contributed by atoms with Gasteiger partial charge in [0.2, 0.25) is 5.91 Å². The fraction of sp³-hybridized carbons (Fsp3) is 0.200. The zero-order chi connectivity index (χ0) is 19.6. The fourth-order valence-corrected chi connectivity index (χ4v) is 3.19. The molecule has 27 heavy (non-hydrogen) atoms. The van der Waals surface area contributed by atoms with E-state index in [9.17, 15) is 14.7 Å². The van der Waals surface area contributed by atoms with Crippen molar-refractivity contribution >= 4 is 45.6 Å². The van der Waals surface area contributed by atoms with E-state index in [4.69, 9.17) is 23.2 Å². The van der Waals surface area contributed by atoms with Gasteiger partial charge in [0.25, 0.3) is 5.56 Å². The summed E-state index contributed by atoms with van der Waals surface area (Å²) in [6, 6.07) is 11.6. The fourth-order valence-electron chi connectivity index (χ4n) is 2.87. The number of benzene rings is 2. The third-order valence-electron chi connectivity index (χ3n) is 4.33. The number of nitrogens with one attached hydrogen (secondary N) is 1. The van der Waals surface area contributed by atoms with Crippen LogP contribution in [0.3, 0.4) is 0 Å². The molecule has 1 aromatic heterocycles. The van der Waals surface area contributed by atoms with Crippen LogP contribution < -0.4 is 10.9 Å². The van der Waals surface area contributed by atoms with Crippen LogP contribution in [0.25, 0.3) is 10.8 Å². The summed E-state index contributed by atoms with van der Waals surface area (Å²) in [7, 11) is 0. The minimum absolute atomic E-state index is 0.131. The van der Waals surface area contributed by atoms with E-state index in [-0.39, 0.29) is 30.5 Å². The van der Waals surface area contributed by atoms with Crippen LogP contribution in [0.2, 0.25) is 10.0 Å². The molecule has 140 valence electrons. The van der Waals surface area contributed by atoms with Crippen molar-refractivity contribution in [3.63, 3.8) is 0 Å². The predicted octanol–water partition coefficient (Wildman–Crippen LogP) is 4.04. The van der Waals surface area contributed by atoms with Crippen molar-refractivity contribution < 1.29 is 9.90 Å². The van der Waals surface area contributed by atoms with Gasteiger partial charge in [-0.1, -0.05) is 35.3 Å². The molecule has 0 saturated heterocycles. The molecule has 0 aliphatic carbocycles. The molecular weight excluding hydrogens is 387 g/mol. The Hall–Kier alpha value is -2.34. The first-order valence-electron chi connectivity index (χ1n) is 8.39. The van der Waals surface area contributed by atoms with E-state index in [2.05, 4.69) is 5.32 Å². The summed E-state index contributed by atoms with van der Waals surface area (Å²) in [5.74, 6) is -0.228. The maximum atomic E-state index is 12.6. The van der Waals surface area contributed by atoms with Gasteiger partial charge in [-0.3, -0.25) is 9.59 Å². The number of rotatable bonds is 5. The van der Waals surface area contributed by atoms with Crippen LogP contribution in [0, 0.1) is 0 Å². The molecule has 3 rings (SSSR count). The number of halogens is 2. The number of aliphatic hydroxyl groups is 1. The monoisotopic (exact) mass is 404 g/mol. The Labute approximate surface area is 166 Å². The van der Waals surface area contributed by atoms with E-state index < -0.39 is 0 Å². The molecule has 0 spiro atoms. The number of hydrogen-bond acceptors (Lipinski definition) is 3. The van der Waals surface area contributed by atoms with Crippen LogP contribution in [0.15, 0.2) is 53.5 Å². The molecule has 1 heterocycles. The summed E-state index contributed by atoms with van der Waals surface area (Å²) < 4.78 is 1.48. The number of pyridine rings is 1. The summed E-state index contributed by atoms with van der Waals surface area (Å²) in [5, 5.41) is 14.1. The van der Waals surface area contributed by atoms with E-state index in [1.165, 1.54) is 4.57 Å². The van der Waals surface area contributed by atoms with Gasteiger partial charge in [-0.25, -0.2) is 0 Å². The van der Waals surface area contributed by atoms with Gasteiger partial charge in [0.05, 0.1) is 29.1 Å². The van der Waals surface area contributed by atoms with Crippen molar-refractivity contribution in [2.24, 2.45) is 0 Å². The van der Waals surface area contributed by atoms with Crippen LogP contribution in [-0.4, -0.2) is 22.2 Å². The lowest BCUT2D eigenvalue weighted by atomic mass is 10.1. The second-order valence-corrected chi connectivity index (χ2v) is 7.11. The van der Waals surface area contributed by atoms with Gasteiger partial charge in [-0.2, -0.15) is 0 Å². The summed E-state index contributed by atoms with van der Waals surface area (Å²) in [6.45, 7) is 1.63. The second kappa shape index (κ2) is 8.13. The lowest BCUT2D eigenvalue weighted by Gasteiger charge is -2.14. The molecule has 1 atom stereocenters. The SMILES string of the molecule is CC(CO)n1ccc2c(NC(=O)Cc3ccc(Cl)c(Cl)c3)cccc2c1=O. The molecule has 0 aliphatic rings. The average Bonchev–Trinajstić information content (AvgIpc) is 2.65. The molecule has 1 unspecified atom stereocenters. The lowest BCUT2D eigenvalue weighted by molar-refractivity contribution is -0.115. The van der Waals surface area contributed by atoms with Crippen LogP contribution >= 0.6 is 23.2 Å². The largest absolute Gasteiger partial charge is 0.394 e. The smallest absolute Gasteiger partial charge is 0.258 e.